The molecule has 0 aliphatic rings. The predicted molar refractivity (Wildman–Crippen MR) is 184 cm³/mol. The highest BCUT2D eigenvalue weighted by molar-refractivity contribution is 9.10. The number of halogens is 6. The number of nitrogens with one attached hydrogen (secondary N) is 6. The van der Waals surface area contributed by atoms with Gasteiger partial charge in [-0.1, -0.05) is 41.9 Å². The fourth-order valence-corrected chi connectivity index (χ4v) is 4.75. The second-order valence-corrected chi connectivity index (χ2v) is 11.9. The molecule has 0 aliphatic heterocycles. The molecule has 0 saturated heterocycles. The minimum absolute atomic E-state index is 0.379. The summed E-state index contributed by atoms with van der Waals surface area (Å²) in [7, 11) is 0. The Morgan fingerprint density at radius 3 is 1.59 bits per heavy atom. The number of hydrogen-bond donors (Lipinski definition) is 6. The lowest BCUT2D eigenvalue weighted by molar-refractivity contribution is -0.137. The van der Waals surface area contributed by atoms with E-state index in [0.717, 1.165) is 47.5 Å². The molecule has 6 aromatic rings. The predicted octanol–water partition coefficient (Wildman–Crippen LogP) is 9.25. The third-order valence-corrected chi connectivity index (χ3v) is 7.21. The molecule has 3 aromatic heterocycles. The first-order chi connectivity index (χ1) is 23.4. The maximum Gasteiger partial charge on any atom is 0.416 e. The quantitative estimate of drug-likeness (QED) is 0.0779. The first-order valence-electron chi connectivity index (χ1n) is 15.0. The van der Waals surface area contributed by atoms with Gasteiger partial charge in [-0.05, 0) is 53.9 Å². The second-order valence-electron chi connectivity index (χ2n) is 11.0. The van der Waals surface area contributed by atoms with E-state index in [4.69, 9.17) is 0 Å². The van der Waals surface area contributed by atoms with Crippen LogP contribution in [0.1, 0.15) is 48.0 Å². The minimum atomic E-state index is -4.35. The van der Waals surface area contributed by atoms with E-state index in [0.29, 0.717) is 34.9 Å². The highest BCUT2D eigenvalue weighted by Gasteiger charge is 2.31. The average molecular weight is 745 g/mol. The van der Waals surface area contributed by atoms with Crippen LogP contribution in [0.2, 0.25) is 0 Å². The molecule has 0 saturated carbocycles. The van der Waals surface area contributed by atoms with E-state index in [1.165, 1.54) is 24.0 Å². The third-order valence-electron chi connectivity index (χ3n) is 6.75. The van der Waals surface area contributed by atoms with Crippen LogP contribution in [0.25, 0.3) is 0 Å². The zero-order chi connectivity index (χ0) is 35.2. The van der Waals surface area contributed by atoms with Crippen molar-refractivity contribution in [3.63, 3.8) is 0 Å². The first kappa shape index (κ1) is 36.7. The van der Waals surface area contributed by atoms with E-state index < -0.39 is 23.4 Å². The van der Waals surface area contributed by atoms with E-state index in [-0.39, 0.29) is 0 Å². The Morgan fingerprint density at radius 1 is 0.653 bits per heavy atom. The number of nitrogens with zero attached hydrogens (tertiary/aromatic N) is 3. The lowest BCUT2D eigenvalue weighted by Gasteiger charge is -2.11. The Bertz CT molecular complexity index is 1810. The van der Waals surface area contributed by atoms with Gasteiger partial charge in [0, 0.05) is 46.2 Å². The van der Waals surface area contributed by atoms with Crippen molar-refractivity contribution in [3.05, 3.63) is 143 Å². The van der Waals surface area contributed by atoms with E-state index in [9.17, 15) is 22.0 Å². The molecule has 0 aliphatic carbocycles. The normalized spacial score (nSPS) is 10.9. The van der Waals surface area contributed by atoms with Crippen LogP contribution in [0.4, 0.5) is 39.0 Å². The summed E-state index contributed by atoms with van der Waals surface area (Å²) in [6.07, 6.45) is 5.48. The van der Waals surface area contributed by atoms with Crippen LogP contribution >= 0.6 is 15.9 Å². The Balaban J connectivity index is 0.000000166. The van der Waals surface area contributed by atoms with Gasteiger partial charge >= 0.3 is 6.18 Å². The first-order valence-corrected chi connectivity index (χ1v) is 15.8. The van der Waals surface area contributed by atoms with E-state index >= 15 is 0 Å². The molecule has 0 amide bonds. The summed E-state index contributed by atoms with van der Waals surface area (Å²) in [5.41, 5.74) is 5.35. The van der Waals surface area contributed by atoms with Gasteiger partial charge in [-0.15, -0.1) is 0 Å². The number of benzene rings is 3. The van der Waals surface area contributed by atoms with Crippen LogP contribution in [0.3, 0.4) is 0 Å². The molecular formula is C34H35BrF5N9. The SMILES string of the molecule is CC(C)c1cccc(NCc2cnc[nH]2)c1.FC(F)(F)c1cc(Br)cc(NCc2cnc[nH]2)c1.Fc1cc(F)cc(NCc2cnc[nH]2)c1. The van der Waals surface area contributed by atoms with Crippen molar-refractivity contribution in [2.24, 2.45) is 0 Å². The fraction of sp³-hybridized carbons (Fsp3) is 0.206. The number of aromatic nitrogens is 6. The number of imidazole rings is 3. The molecule has 0 atom stereocenters. The van der Waals surface area contributed by atoms with Gasteiger partial charge in [0.2, 0.25) is 0 Å². The lowest BCUT2D eigenvalue weighted by Crippen LogP contribution is -2.07. The fourth-order valence-electron chi connectivity index (χ4n) is 4.25. The highest BCUT2D eigenvalue weighted by atomic mass is 79.9. The number of rotatable bonds is 10. The number of hydrogen-bond acceptors (Lipinski definition) is 6. The maximum atomic E-state index is 12.8. The Kier molecular flexibility index (Phi) is 13.3. The number of alkyl halides is 3. The van der Waals surface area contributed by atoms with E-state index in [1.807, 2.05) is 6.20 Å². The van der Waals surface area contributed by atoms with Gasteiger partial charge in [0.1, 0.15) is 11.6 Å². The third kappa shape index (κ3) is 12.7. The molecule has 49 heavy (non-hydrogen) atoms. The summed E-state index contributed by atoms with van der Waals surface area (Å²) < 4.78 is 63.8. The standard InChI is InChI=1S/C13H17N3.C11H9BrF3N3.C10H9F2N3/c1-10(2)11-4-3-5-12(6-11)15-8-13-7-14-9-16-13;12-8-1-7(11(13,14)15)2-9(3-8)17-5-10-4-16-6-18-10;11-7-1-8(12)3-9(2-7)14-5-10-4-13-6-15-10/h3-7,9-10,15H,8H2,1-2H3,(H,14,16);1-4,6,17H,5H2,(H,16,18);1-4,6,14H,5H2,(H,13,15). The number of aromatic amines is 3. The van der Waals surface area contributed by atoms with Gasteiger partial charge in [-0.3, -0.25) is 0 Å². The van der Waals surface area contributed by atoms with Crippen molar-refractivity contribution in [1.29, 1.82) is 0 Å². The van der Waals surface area contributed by atoms with Crippen molar-refractivity contribution < 1.29 is 22.0 Å². The monoisotopic (exact) mass is 743 g/mol. The van der Waals surface area contributed by atoms with Crippen molar-refractivity contribution in [1.82, 2.24) is 29.9 Å². The summed E-state index contributed by atoms with van der Waals surface area (Å²) in [6.45, 7) is 6.01. The molecule has 15 heteroatoms. The molecule has 258 valence electrons. The summed E-state index contributed by atoms with van der Waals surface area (Å²) in [6, 6.07) is 15.5. The Morgan fingerprint density at radius 2 is 1.14 bits per heavy atom. The lowest BCUT2D eigenvalue weighted by atomic mass is 10.0. The van der Waals surface area contributed by atoms with Crippen molar-refractivity contribution in [2.45, 2.75) is 45.6 Å². The van der Waals surface area contributed by atoms with Gasteiger partial charge < -0.3 is 30.9 Å². The molecule has 3 heterocycles. The highest BCUT2D eigenvalue weighted by Crippen LogP contribution is 2.33. The van der Waals surface area contributed by atoms with Gasteiger partial charge in [0.05, 0.1) is 61.3 Å². The van der Waals surface area contributed by atoms with Crippen LogP contribution in [0.5, 0.6) is 0 Å². The molecule has 0 spiro atoms. The zero-order valence-corrected chi connectivity index (χ0v) is 28.1. The van der Waals surface area contributed by atoms with Gasteiger partial charge in [0.25, 0.3) is 0 Å². The maximum absolute atomic E-state index is 12.8. The smallest absolute Gasteiger partial charge is 0.379 e. The molecule has 0 radical (unpaired) electrons. The summed E-state index contributed by atoms with van der Waals surface area (Å²) in [4.78, 5) is 20.4. The zero-order valence-electron chi connectivity index (χ0n) is 26.5. The van der Waals surface area contributed by atoms with Crippen LogP contribution in [-0.2, 0) is 25.8 Å². The topological polar surface area (TPSA) is 122 Å². The van der Waals surface area contributed by atoms with E-state index in [1.54, 1.807) is 31.1 Å². The second kappa shape index (κ2) is 17.8. The van der Waals surface area contributed by atoms with Crippen LogP contribution in [-0.4, -0.2) is 29.9 Å². The number of H-pyrrole nitrogens is 3. The number of anilines is 3. The summed E-state index contributed by atoms with van der Waals surface area (Å²) >= 11 is 3.06. The van der Waals surface area contributed by atoms with Crippen LogP contribution < -0.4 is 16.0 Å². The molecule has 9 nitrogen and oxygen atoms in total. The molecule has 0 bridgehead atoms. The van der Waals surface area contributed by atoms with Gasteiger partial charge in [-0.25, -0.2) is 23.7 Å². The minimum Gasteiger partial charge on any atom is -0.379 e. The van der Waals surface area contributed by atoms with Crippen molar-refractivity contribution in [2.75, 3.05) is 16.0 Å². The van der Waals surface area contributed by atoms with Gasteiger partial charge in [-0.2, -0.15) is 13.2 Å². The Hall–Kier alpha value is -5.18. The largest absolute Gasteiger partial charge is 0.416 e. The van der Waals surface area contributed by atoms with Crippen LogP contribution in [0.15, 0.2) is 103 Å². The van der Waals surface area contributed by atoms with Crippen molar-refractivity contribution in [3.8, 4) is 0 Å². The van der Waals surface area contributed by atoms with E-state index in [2.05, 4.69) is 99.9 Å². The molecule has 0 unspecified atom stereocenters. The molecule has 0 fully saturated rings. The van der Waals surface area contributed by atoms with Crippen molar-refractivity contribution >= 4 is 33.0 Å². The summed E-state index contributed by atoms with van der Waals surface area (Å²) in [5, 5.41) is 9.15. The van der Waals surface area contributed by atoms with Crippen LogP contribution in [0, 0.1) is 11.6 Å². The molecule has 3 aromatic carbocycles. The molecule has 6 rings (SSSR count). The summed E-state index contributed by atoms with van der Waals surface area (Å²) in [5.74, 6) is -0.627. The molecule has 6 N–H and O–H groups in total. The average Bonchev–Trinajstić information content (AvgIpc) is 3.87. The Labute approximate surface area is 288 Å². The van der Waals surface area contributed by atoms with Gasteiger partial charge in [0.15, 0.2) is 0 Å². The molecular weight excluding hydrogens is 709 g/mol.